The molecule has 0 aliphatic rings. The smallest absolute Gasteiger partial charge is 0.191 e. The Morgan fingerprint density at radius 1 is 1.28 bits per heavy atom. The Morgan fingerprint density at radius 3 is 2.56 bits per heavy atom. The molecule has 0 saturated heterocycles. The van der Waals surface area contributed by atoms with E-state index in [2.05, 4.69) is 55.1 Å². The summed E-state index contributed by atoms with van der Waals surface area (Å²) in [5, 5.41) is 17.3. The second-order valence-electron chi connectivity index (χ2n) is 4.43. The standard InChI is InChI=1S/C12H18N6/c1-9(12-14-16-17-15-12)13-8-10-4-6-11(7-5-10)18(2)3/h4-7,9,13H,8H2,1-3H3,(H,14,15,16,17). The number of nitrogens with zero attached hydrogens (tertiary/aromatic N) is 4. The van der Waals surface area contributed by atoms with Gasteiger partial charge in [0.25, 0.3) is 0 Å². The molecule has 2 rings (SSSR count). The van der Waals surface area contributed by atoms with Gasteiger partial charge in [-0.1, -0.05) is 17.3 Å². The Bertz CT molecular complexity index is 462. The van der Waals surface area contributed by atoms with Crippen molar-refractivity contribution in [1.29, 1.82) is 0 Å². The molecule has 0 radical (unpaired) electrons. The third-order valence-corrected chi connectivity index (χ3v) is 2.81. The highest BCUT2D eigenvalue weighted by molar-refractivity contribution is 5.45. The molecule has 1 atom stereocenters. The highest BCUT2D eigenvalue weighted by Gasteiger charge is 2.08. The van der Waals surface area contributed by atoms with Crippen LogP contribution in [-0.4, -0.2) is 34.7 Å². The van der Waals surface area contributed by atoms with Gasteiger partial charge < -0.3 is 10.2 Å². The van der Waals surface area contributed by atoms with E-state index in [4.69, 9.17) is 0 Å². The number of rotatable bonds is 5. The molecular weight excluding hydrogens is 228 g/mol. The van der Waals surface area contributed by atoms with Crippen LogP contribution in [0.2, 0.25) is 0 Å². The number of hydrogen-bond donors (Lipinski definition) is 2. The zero-order valence-corrected chi connectivity index (χ0v) is 10.9. The summed E-state index contributed by atoms with van der Waals surface area (Å²) in [7, 11) is 4.07. The number of aromatic amines is 1. The lowest BCUT2D eigenvalue weighted by molar-refractivity contribution is 0.547. The first-order valence-electron chi connectivity index (χ1n) is 5.90. The monoisotopic (exact) mass is 246 g/mol. The number of anilines is 1. The zero-order valence-electron chi connectivity index (χ0n) is 10.9. The molecule has 96 valence electrons. The second-order valence-corrected chi connectivity index (χ2v) is 4.43. The maximum absolute atomic E-state index is 3.95. The lowest BCUT2D eigenvalue weighted by Gasteiger charge is -2.14. The maximum atomic E-state index is 3.95. The normalized spacial score (nSPS) is 12.4. The Labute approximate surface area is 106 Å². The Kier molecular flexibility index (Phi) is 3.88. The predicted molar refractivity (Wildman–Crippen MR) is 70.2 cm³/mol. The molecule has 0 spiro atoms. The van der Waals surface area contributed by atoms with E-state index >= 15 is 0 Å². The average Bonchev–Trinajstić information content (AvgIpc) is 2.90. The summed E-state index contributed by atoms with van der Waals surface area (Å²) in [4.78, 5) is 2.08. The number of H-pyrrole nitrogens is 1. The van der Waals surface area contributed by atoms with Gasteiger partial charge >= 0.3 is 0 Å². The molecule has 1 aromatic carbocycles. The maximum Gasteiger partial charge on any atom is 0.191 e. The summed E-state index contributed by atoms with van der Waals surface area (Å²) in [6, 6.07) is 8.53. The number of benzene rings is 1. The Hall–Kier alpha value is -1.95. The fraction of sp³-hybridized carbons (Fsp3) is 0.417. The molecule has 0 aliphatic heterocycles. The van der Waals surface area contributed by atoms with E-state index < -0.39 is 0 Å². The van der Waals surface area contributed by atoms with E-state index in [1.165, 1.54) is 11.3 Å². The lowest BCUT2D eigenvalue weighted by atomic mass is 10.2. The van der Waals surface area contributed by atoms with Gasteiger partial charge in [-0.25, -0.2) is 0 Å². The number of tetrazole rings is 1. The number of nitrogens with one attached hydrogen (secondary N) is 2. The van der Waals surface area contributed by atoms with Crippen LogP contribution in [0.25, 0.3) is 0 Å². The van der Waals surface area contributed by atoms with Crippen molar-refractivity contribution in [2.45, 2.75) is 19.5 Å². The van der Waals surface area contributed by atoms with Crippen LogP contribution in [0.5, 0.6) is 0 Å². The van der Waals surface area contributed by atoms with E-state index in [1.54, 1.807) is 0 Å². The minimum atomic E-state index is 0.0808. The van der Waals surface area contributed by atoms with E-state index in [0.29, 0.717) is 5.82 Å². The quantitative estimate of drug-likeness (QED) is 0.827. The first-order valence-corrected chi connectivity index (χ1v) is 5.90. The van der Waals surface area contributed by atoms with E-state index in [0.717, 1.165) is 6.54 Å². The van der Waals surface area contributed by atoms with Crippen LogP contribution in [0.4, 0.5) is 5.69 Å². The zero-order chi connectivity index (χ0) is 13.0. The molecule has 0 amide bonds. The third-order valence-electron chi connectivity index (χ3n) is 2.81. The largest absolute Gasteiger partial charge is 0.378 e. The molecule has 0 fully saturated rings. The van der Waals surface area contributed by atoms with E-state index in [-0.39, 0.29) is 6.04 Å². The van der Waals surface area contributed by atoms with Crippen LogP contribution in [0.1, 0.15) is 24.4 Å². The van der Waals surface area contributed by atoms with Crippen molar-refractivity contribution >= 4 is 5.69 Å². The molecule has 0 bridgehead atoms. The second kappa shape index (κ2) is 5.59. The van der Waals surface area contributed by atoms with E-state index in [1.807, 2.05) is 21.0 Å². The fourth-order valence-electron chi connectivity index (χ4n) is 1.63. The van der Waals surface area contributed by atoms with Crippen molar-refractivity contribution in [3.63, 3.8) is 0 Å². The summed E-state index contributed by atoms with van der Waals surface area (Å²) in [5.74, 6) is 0.680. The van der Waals surface area contributed by atoms with E-state index in [9.17, 15) is 0 Å². The van der Waals surface area contributed by atoms with Crippen molar-refractivity contribution in [3.05, 3.63) is 35.7 Å². The van der Waals surface area contributed by atoms with Crippen LogP contribution >= 0.6 is 0 Å². The fourth-order valence-corrected chi connectivity index (χ4v) is 1.63. The Morgan fingerprint density at radius 2 is 2.00 bits per heavy atom. The van der Waals surface area contributed by atoms with Crippen molar-refractivity contribution in [2.24, 2.45) is 0 Å². The van der Waals surface area contributed by atoms with Gasteiger partial charge in [0, 0.05) is 26.3 Å². The summed E-state index contributed by atoms with van der Waals surface area (Å²) in [5.41, 5.74) is 2.43. The first kappa shape index (κ1) is 12.5. The molecule has 6 heteroatoms. The van der Waals surface area contributed by atoms with Gasteiger partial charge in [0.15, 0.2) is 5.82 Å². The van der Waals surface area contributed by atoms with Crippen molar-refractivity contribution in [2.75, 3.05) is 19.0 Å². The molecule has 1 unspecified atom stereocenters. The highest BCUT2D eigenvalue weighted by Crippen LogP contribution is 2.13. The SMILES string of the molecule is CC(NCc1ccc(N(C)C)cc1)c1nn[nH]n1. The number of hydrogen-bond acceptors (Lipinski definition) is 5. The van der Waals surface area contributed by atoms with Gasteiger partial charge in [-0.3, -0.25) is 0 Å². The van der Waals surface area contributed by atoms with Gasteiger partial charge in [0.2, 0.25) is 0 Å². The van der Waals surface area contributed by atoms with Crippen LogP contribution in [-0.2, 0) is 6.54 Å². The molecular formula is C12H18N6. The minimum Gasteiger partial charge on any atom is -0.378 e. The molecule has 1 heterocycles. The van der Waals surface area contributed by atoms with Gasteiger partial charge in [0.1, 0.15) is 0 Å². The van der Waals surface area contributed by atoms with Crippen molar-refractivity contribution in [3.8, 4) is 0 Å². The van der Waals surface area contributed by atoms with Gasteiger partial charge in [-0.15, -0.1) is 10.2 Å². The summed E-state index contributed by atoms with van der Waals surface area (Å²) >= 11 is 0. The highest BCUT2D eigenvalue weighted by atomic mass is 15.5. The van der Waals surface area contributed by atoms with Crippen LogP contribution in [0, 0.1) is 0 Å². The molecule has 1 aromatic heterocycles. The first-order chi connectivity index (χ1) is 8.66. The molecule has 2 N–H and O–H groups in total. The van der Waals surface area contributed by atoms with Crippen LogP contribution < -0.4 is 10.2 Å². The van der Waals surface area contributed by atoms with Gasteiger partial charge in [0.05, 0.1) is 6.04 Å². The minimum absolute atomic E-state index is 0.0808. The van der Waals surface area contributed by atoms with Gasteiger partial charge in [-0.2, -0.15) is 5.21 Å². The summed E-state index contributed by atoms with van der Waals surface area (Å²) < 4.78 is 0. The molecule has 6 nitrogen and oxygen atoms in total. The van der Waals surface area contributed by atoms with Crippen LogP contribution in [0.3, 0.4) is 0 Å². The average molecular weight is 246 g/mol. The summed E-state index contributed by atoms with van der Waals surface area (Å²) in [6.07, 6.45) is 0. The molecule has 0 aliphatic carbocycles. The van der Waals surface area contributed by atoms with Gasteiger partial charge in [-0.05, 0) is 24.6 Å². The van der Waals surface area contributed by atoms with Crippen LogP contribution in [0.15, 0.2) is 24.3 Å². The van der Waals surface area contributed by atoms with Crippen molar-refractivity contribution in [1.82, 2.24) is 25.9 Å². The molecule has 2 aromatic rings. The van der Waals surface area contributed by atoms with Crippen molar-refractivity contribution < 1.29 is 0 Å². The molecule has 0 saturated carbocycles. The number of aromatic nitrogens is 4. The summed E-state index contributed by atoms with van der Waals surface area (Å²) in [6.45, 7) is 2.79. The third kappa shape index (κ3) is 3.04. The topological polar surface area (TPSA) is 69.7 Å². The lowest BCUT2D eigenvalue weighted by Crippen LogP contribution is -2.19. The molecule has 18 heavy (non-hydrogen) atoms. The predicted octanol–water partition coefficient (Wildman–Crippen LogP) is 1.12. The Balaban J connectivity index is 1.90.